The molecule has 0 bridgehead atoms. The van der Waals surface area contributed by atoms with E-state index in [4.69, 9.17) is 9.47 Å². The Bertz CT molecular complexity index is 1540. The van der Waals surface area contributed by atoms with E-state index in [0.717, 1.165) is 41.3 Å². The standard InChI is InChI=1S/C30H29F3N4O3/c1-20-7-8-37-25(17-34-28(37)13-20)24(22-3-2-4-23(15-22)30(31,32)33)16-29(38)36-11-9-35(10-12-36)18-21-5-6-26-27(14-21)40-19-39-26/h2-8,13-15,17,24H,9-12,16,18-19H2,1H3. The zero-order valence-corrected chi connectivity index (χ0v) is 22.0. The van der Waals surface area contributed by atoms with Crippen LogP contribution in [-0.2, 0) is 17.5 Å². The SMILES string of the molecule is Cc1ccn2c(C(CC(=O)N3CCN(Cc4ccc5c(c4)OCO5)CC3)c3cccc(C(F)(F)F)c3)cnc2c1. The minimum absolute atomic E-state index is 0.0468. The van der Waals surface area contributed by atoms with Gasteiger partial charge in [0.2, 0.25) is 12.7 Å². The third kappa shape index (κ3) is 5.36. The van der Waals surface area contributed by atoms with E-state index >= 15 is 0 Å². The molecule has 6 rings (SSSR count). The van der Waals surface area contributed by atoms with Crippen molar-refractivity contribution in [3.63, 3.8) is 0 Å². The van der Waals surface area contributed by atoms with Crippen LogP contribution in [0.4, 0.5) is 13.2 Å². The highest BCUT2D eigenvalue weighted by Gasteiger charge is 2.33. The number of rotatable bonds is 6. The zero-order valence-electron chi connectivity index (χ0n) is 22.0. The number of imidazole rings is 1. The summed E-state index contributed by atoms with van der Waals surface area (Å²) >= 11 is 0. The van der Waals surface area contributed by atoms with Gasteiger partial charge in [0.25, 0.3) is 0 Å². The molecule has 1 unspecified atom stereocenters. The molecule has 2 aliphatic heterocycles. The topological polar surface area (TPSA) is 59.3 Å². The normalized spacial score (nSPS) is 16.4. The average Bonchev–Trinajstić information content (AvgIpc) is 3.58. The van der Waals surface area contributed by atoms with Crippen molar-refractivity contribution >= 4 is 11.6 Å². The number of halogens is 3. The maximum absolute atomic E-state index is 13.6. The molecule has 0 N–H and O–H groups in total. The van der Waals surface area contributed by atoms with E-state index in [1.165, 1.54) is 6.07 Å². The Morgan fingerprint density at radius 2 is 1.80 bits per heavy atom. The molecule has 0 spiro atoms. The van der Waals surface area contributed by atoms with Crippen molar-refractivity contribution in [3.05, 3.63) is 94.9 Å². The fourth-order valence-corrected chi connectivity index (χ4v) is 5.44. The molecule has 0 saturated carbocycles. The summed E-state index contributed by atoms with van der Waals surface area (Å²) in [6, 6.07) is 15.0. The Morgan fingerprint density at radius 3 is 2.60 bits per heavy atom. The number of nitrogens with zero attached hydrogens (tertiary/aromatic N) is 4. The molecule has 1 saturated heterocycles. The Morgan fingerprint density at radius 1 is 1.00 bits per heavy atom. The molecule has 7 nitrogen and oxygen atoms in total. The molecule has 1 amide bonds. The van der Waals surface area contributed by atoms with Gasteiger partial charge in [0.05, 0.1) is 11.3 Å². The Labute approximate surface area is 229 Å². The Hall–Kier alpha value is -4.05. The first-order valence-corrected chi connectivity index (χ1v) is 13.2. The summed E-state index contributed by atoms with van der Waals surface area (Å²) in [7, 11) is 0. The fraction of sp³-hybridized carbons (Fsp3) is 0.333. The van der Waals surface area contributed by atoms with Crippen molar-refractivity contribution in [1.29, 1.82) is 0 Å². The highest BCUT2D eigenvalue weighted by molar-refractivity contribution is 5.78. The molecule has 208 valence electrons. The van der Waals surface area contributed by atoms with Gasteiger partial charge in [0.1, 0.15) is 5.65 Å². The van der Waals surface area contributed by atoms with Crippen molar-refractivity contribution in [2.75, 3.05) is 33.0 Å². The number of fused-ring (bicyclic) bond motifs is 2. The monoisotopic (exact) mass is 550 g/mol. The molecule has 1 fully saturated rings. The number of hydrogen-bond acceptors (Lipinski definition) is 5. The van der Waals surface area contributed by atoms with Gasteiger partial charge in [0.15, 0.2) is 11.5 Å². The molecule has 2 aliphatic rings. The van der Waals surface area contributed by atoms with Gasteiger partial charge in [0, 0.05) is 57.5 Å². The van der Waals surface area contributed by atoms with Crippen LogP contribution < -0.4 is 9.47 Å². The second-order valence-corrected chi connectivity index (χ2v) is 10.3. The summed E-state index contributed by atoms with van der Waals surface area (Å²) in [4.78, 5) is 22.1. The quantitative estimate of drug-likeness (QED) is 0.328. The molecule has 4 aromatic rings. The molecule has 0 aliphatic carbocycles. The summed E-state index contributed by atoms with van der Waals surface area (Å²) in [5.41, 5.74) is 3.21. The van der Waals surface area contributed by atoms with Crippen molar-refractivity contribution in [2.45, 2.75) is 32.0 Å². The first kappa shape index (κ1) is 26.2. The third-order valence-corrected chi connectivity index (χ3v) is 7.62. The number of benzene rings is 2. The molecular weight excluding hydrogens is 521 g/mol. The largest absolute Gasteiger partial charge is 0.454 e. The highest BCUT2D eigenvalue weighted by Crippen LogP contribution is 2.36. The number of aryl methyl sites for hydroxylation is 1. The number of piperazine rings is 1. The van der Waals surface area contributed by atoms with Gasteiger partial charge in [-0.25, -0.2) is 4.98 Å². The van der Waals surface area contributed by atoms with Crippen LogP contribution >= 0.6 is 0 Å². The van der Waals surface area contributed by atoms with Gasteiger partial charge in [-0.3, -0.25) is 9.69 Å². The van der Waals surface area contributed by atoms with E-state index in [-0.39, 0.29) is 19.1 Å². The van der Waals surface area contributed by atoms with Crippen LogP contribution in [-0.4, -0.2) is 58.1 Å². The van der Waals surface area contributed by atoms with Crippen LogP contribution in [0.5, 0.6) is 11.5 Å². The Balaban J connectivity index is 1.19. The Kier molecular flexibility index (Phi) is 6.87. The van der Waals surface area contributed by atoms with E-state index in [0.29, 0.717) is 43.1 Å². The predicted octanol–water partition coefficient (Wildman–Crippen LogP) is 5.26. The van der Waals surface area contributed by atoms with Crippen molar-refractivity contribution in [2.24, 2.45) is 0 Å². The van der Waals surface area contributed by atoms with Crippen LogP contribution in [0.3, 0.4) is 0 Å². The molecule has 10 heteroatoms. The van der Waals surface area contributed by atoms with Crippen LogP contribution in [0.25, 0.3) is 5.65 Å². The summed E-state index contributed by atoms with van der Waals surface area (Å²) in [6.45, 7) is 5.40. The molecule has 40 heavy (non-hydrogen) atoms. The lowest BCUT2D eigenvalue weighted by Crippen LogP contribution is -2.48. The number of ether oxygens (including phenoxy) is 2. The lowest BCUT2D eigenvalue weighted by molar-refractivity contribution is -0.137. The van der Waals surface area contributed by atoms with Gasteiger partial charge in [-0.05, 0) is 53.9 Å². The number of alkyl halides is 3. The van der Waals surface area contributed by atoms with Gasteiger partial charge >= 0.3 is 6.18 Å². The van der Waals surface area contributed by atoms with Crippen molar-refractivity contribution < 1.29 is 27.4 Å². The van der Waals surface area contributed by atoms with E-state index in [2.05, 4.69) is 9.88 Å². The van der Waals surface area contributed by atoms with Crippen LogP contribution in [0.2, 0.25) is 0 Å². The van der Waals surface area contributed by atoms with Gasteiger partial charge in [-0.2, -0.15) is 13.2 Å². The molecule has 2 aromatic carbocycles. The summed E-state index contributed by atoms with van der Waals surface area (Å²) in [5, 5.41) is 0. The minimum atomic E-state index is -4.48. The summed E-state index contributed by atoms with van der Waals surface area (Å²) in [5.74, 6) is 0.816. The fourth-order valence-electron chi connectivity index (χ4n) is 5.44. The lowest BCUT2D eigenvalue weighted by Gasteiger charge is -2.35. The molecule has 1 atom stereocenters. The van der Waals surface area contributed by atoms with Gasteiger partial charge < -0.3 is 18.8 Å². The number of amides is 1. The smallest absolute Gasteiger partial charge is 0.416 e. The minimum Gasteiger partial charge on any atom is -0.454 e. The van der Waals surface area contributed by atoms with E-state index in [1.54, 1.807) is 12.3 Å². The van der Waals surface area contributed by atoms with Crippen LogP contribution in [0.1, 0.15) is 40.3 Å². The zero-order chi connectivity index (χ0) is 27.9. The first-order chi connectivity index (χ1) is 19.2. The van der Waals surface area contributed by atoms with Crippen LogP contribution in [0, 0.1) is 6.92 Å². The van der Waals surface area contributed by atoms with Gasteiger partial charge in [-0.1, -0.05) is 24.3 Å². The molecule has 0 radical (unpaired) electrons. The maximum atomic E-state index is 13.6. The first-order valence-electron chi connectivity index (χ1n) is 13.2. The predicted molar refractivity (Wildman–Crippen MR) is 142 cm³/mol. The molecule has 4 heterocycles. The highest BCUT2D eigenvalue weighted by atomic mass is 19.4. The van der Waals surface area contributed by atoms with Crippen molar-refractivity contribution in [3.8, 4) is 11.5 Å². The summed E-state index contributed by atoms with van der Waals surface area (Å²) in [6.07, 6.45) is -0.913. The maximum Gasteiger partial charge on any atom is 0.416 e. The number of carbonyl (C=O) groups excluding carboxylic acids is 1. The number of pyridine rings is 1. The van der Waals surface area contributed by atoms with Crippen LogP contribution in [0.15, 0.2) is 67.0 Å². The van der Waals surface area contributed by atoms with E-state index in [9.17, 15) is 18.0 Å². The molecular formula is C30H29F3N4O3. The second kappa shape index (κ2) is 10.5. The number of aromatic nitrogens is 2. The molecule has 2 aromatic heterocycles. The number of carbonyl (C=O) groups is 1. The summed E-state index contributed by atoms with van der Waals surface area (Å²) < 4.78 is 53.4. The van der Waals surface area contributed by atoms with Crippen molar-refractivity contribution in [1.82, 2.24) is 19.2 Å². The van der Waals surface area contributed by atoms with Gasteiger partial charge in [-0.15, -0.1) is 0 Å². The third-order valence-electron chi connectivity index (χ3n) is 7.62. The second-order valence-electron chi connectivity index (χ2n) is 10.3. The number of hydrogen-bond donors (Lipinski definition) is 0. The average molecular weight is 551 g/mol. The van der Waals surface area contributed by atoms with E-state index < -0.39 is 17.7 Å². The van der Waals surface area contributed by atoms with E-state index in [1.807, 2.05) is 52.8 Å². The lowest BCUT2D eigenvalue weighted by atomic mass is 9.90.